The van der Waals surface area contributed by atoms with Crippen molar-refractivity contribution in [2.45, 2.75) is 50.9 Å². The van der Waals surface area contributed by atoms with Crippen molar-refractivity contribution in [1.82, 2.24) is 10.2 Å². The molecule has 2 aliphatic rings. The van der Waals surface area contributed by atoms with Crippen molar-refractivity contribution in [1.29, 1.82) is 0 Å². The number of morpholine rings is 1. The number of ether oxygens (including phenoxy) is 3. The van der Waals surface area contributed by atoms with Crippen LogP contribution in [0.4, 0.5) is 4.79 Å². The molecule has 2 saturated heterocycles. The van der Waals surface area contributed by atoms with Gasteiger partial charge in [-0.15, -0.1) is 0 Å². The van der Waals surface area contributed by atoms with E-state index in [-0.39, 0.29) is 17.7 Å². The summed E-state index contributed by atoms with van der Waals surface area (Å²) < 4.78 is 16.9. The molecule has 2 fully saturated rings. The number of nitrogens with one attached hydrogen (secondary N) is 1. The molecule has 6 nitrogen and oxygen atoms in total. The second-order valence-electron chi connectivity index (χ2n) is 6.88. The molecule has 0 aliphatic carbocycles. The number of carbonyl (C=O) groups excluding carboxylic acids is 1. The van der Waals surface area contributed by atoms with Crippen molar-refractivity contribution in [2.75, 3.05) is 40.0 Å². The van der Waals surface area contributed by atoms with Gasteiger partial charge in [-0.3, -0.25) is 0 Å². The monoisotopic (exact) mass is 300 g/mol. The largest absolute Gasteiger partial charge is 0.444 e. The smallest absolute Gasteiger partial charge is 0.410 e. The lowest BCUT2D eigenvalue weighted by molar-refractivity contribution is -0.141. The Morgan fingerprint density at radius 3 is 2.90 bits per heavy atom. The van der Waals surface area contributed by atoms with Gasteiger partial charge in [0.1, 0.15) is 11.2 Å². The first-order chi connectivity index (χ1) is 9.86. The number of hydrogen-bond donors (Lipinski definition) is 1. The molecule has 1 spiro atoms. The van der Waals surface area contributed by atoms with E-state index in [1.54, 1.807) is 12.0 Å². The summed E-state index contributed by atoms with van der Waals surface area (Å²) in [6.45, 7) is 9.01. The van der Waals surface area contributed by atoms with Gasteiger partial charge in [-0.1, -0.05) is 0 Å². The average Bonchev–Trinajstić information content (AvgIpc) is 2.40. The van der Waals surface area contributed by atoms with Crippen LogP contribution in [0.5, 0.6) is 0 Å². The molecule has 0 radical (unpaired) electrons. The Balaban J connectivity index is 2.06. The van der Waals surface area contributed by atoms with E-state index in [9.17, 15) is 4.79 Å². The quantitative estimate of drug-likeness (QED) is 0.835. The Labute approximate surface area is 127 Å². The summed E-state index contributed by atoms with van der Waals surface area (Å²) in [6, 6.07) is 0.112. The number of rotatable bonds is 2. The molecule has 0 aromatic heterocycles. The molecule has 2 unspecified atom stereocenters. The zero-order chi connectivity index (χ0) is 15.5. The average molecular weight is 300 g/mol. The summed E-state index contributed by atoms with van der Waals surface area (Å²) in [5, 5.41) is 3.46. The van der Waals surface area contributed by atoms with Crippen LogP contribution in [0, 0.1) is 0 Å². The topological polar surface area (TPSA) is 60.0 Å². The first-order valence-electron chi connectivity index (χ1n) is 7.70. The molecule has 6 heteroatoms. The molecule has 1 amide bonds. The summed E-state index contributed by atoms with van der Waals surface area (Å²) >= 11 is 0. The first-order valence-corrected chi connectivity index (χ1v) is 7.70. The van der Waals surface area contributed by atoms with Gasteiger partial charge < -0.3 is 24.4 Å². The van der Waals surface area contributed by atoms with E-state index in [2.05, 4.69) is 5.32 Å². The number of piperidine rings is 1. The van der Waals surface area contributed by atoms with Gasteiger partial charge in [-0.2, -0.15) is 0 Å². The van der Waals surface area contributed by atoms with Gasteiger partial charge in [-0.25, -0.2) is 4.79 Å². The Morgan fingerprint density at radius 1 is 1.48 bits per heavy atom. The van der Waals surface area contributed by atoms with E-state index in [1.807, 2.05) is 20.8 Å². The van der Waals surface area contributed by atoms with Gasteiger partial charge in [0.2, 0.25) is 0 Å². The van der Waals surface area contributed by atoms with Crippen molar-refractivity contribution in [3.8, 4) is 0 Å². The Morgan fingerprint density at radius 2 is 2.24 bits per heavy atom. The fraction of sp³-hybridized carbons (Fsp3) is 0.933. The molecular weight excluding hydrogens is 272 g/mol. The predicted octanol–water partition coefficient (Wildman–Crippen LogP) is 1.39. The standard InChI is InChI=1S/C15H28N2O4/c1-14(2,3)21-13(18)17-8-5-6-15(11-17)12(10-19-4)16-7-9-20-15/h12,16H,5-11H2,1-4H3. The minimum absolute atomic E-state index is 0.112. The molecule has 21 heavy (non-hydrogen) atoms. The third-order valence-corrected chi connectivity index (χ3v) is 3.99. The van der Waals surface area contributed by atoms with Crippen LogP contribution >= 0.6 is 0 Å². The van der Waals surface area contributed by atoms with E-state index < -0.39 is 5.60 Å². The first kappa shape index (κ1) is 16.5. The minimum Gasteiger partial charge on any atom is -0.444 e. The number of nitrogens with zero attached hydrogens (tertiary/aromatic N) is 1. The van der Waals surface area contributed by atoms with Crippen LogP contribution in [0.1, 0.15) is 33.6 Å². The Bertz CT molecular complexity index is 363. The lowest BCUT2D eigenvalue weighted by atomic mass is 9.84. The fourth-order valence-corrected chi connectivity index (χ4v) is 3.09. The number of carbonyl (C=O) groups is 1. The van der Waals surface area contributed by atoms with Gasteiger partial charge in [0.25, 0.3) is 0 Å². The van der Waals surface area contributed by atoms with Gasteiger partial charge in [0, 0.05) is 20.2 Å². The van der Waals surface area contributed by atoms with Crippen molar-refractivity contribution in [2.24, 2.45) is 0 Å². The highest BCUT2D eigenvalue weighted by molar-refractivity contribution is 5.68. The van der Waals surface area contributed by atoms with E-state index in [0.29, 0.717) is 19.8 Å². The second kappa shape index (κ2) is 6.50. The van der Waals surface area contributed by atoms with E-state index in [1.165, 1.54) is 0 Å². The minimum atomic E-state index is -0.473. The van der Waals surface area contributed by atoms with Crippen LogP contribution in [-0.2, 0) is 14.2 Å². The number of amides is 1. The van der Waals surface area contributed by atoms with Gasteiger partial charge in [-0.05, 0) is 33.6 Å². The van der Waals surface area contributed by atoms with Crippen LogP contribution in [0.25, 0.3) is 0 Å². The summed E-state index contributed by atoms with van der Waals surface area (Å²) in [6.07, 6.45) is 1.60. The molecule has 2 heterocycles. The summed E-state index contributed by atoms with van der Waals surface area (Å²) in [4.78, 5) is 14.1. The van der Waals surface area contributed by atoms with Crippen LogP contribution in [0.15, 0.2) is 0 Å². The SMILES string of the molecule is COCC1NCCOC12CCCN(C(=O)OC(C)(C)C)C2. The summed E-state index contributed by atoms with van der Waals surface area (Å²) in [7, 11) is 1.69. The van der Waals surface area contributed by atoms with Crippen molar-refractivity contribution in [3.05, 3.63) is 0 Å². The van der Waals surface area contributed by atoms with E-state index in [4.69, 9.17) is 14.2 Å². The molecule has 1 N–H and O–H groups in total. The molecule has 2 atom stereocenters. The van der Waals surface area contributed by atoms with Crippen LogP contribution in [-0.4, -0.2) is 68.2 Å². The van der Waals surface area contributed by atoms with Gasteiger partial charge >= 0.3 is 6.09 Å². The number of likely N-dealkylation sites (tertiary alicyclic amines) is 1. The zero-order valence-corrected chi connectivity index (χ0v) is 13.6. The highest BCUT2D eigenvalue weighted by Crippen LogP contribution is 2.31. The Kier molecular flexibility index (Phi) is 5.11. The lowest BCUT2D eigenvalue weighted by Crippen LogP contribution is -2.66. The second-order valence-corrected chi connectivity index (χ2v) is 6.88. The maximum absolute atomic E-state index is 12.3. The summed E-state index contributed by atoms with van der Waals surface area (Å²) in [5.74, 6) is 0. The van der Waals surface area contributed by atoms with Crippen molar-refractivity contribution >= 4 is 6.09 Å². The molecule has 2 aliphatic heterocycles. The molecule has 2 rings (SSSR count). The maximum Gasteiger partial charge on any atom is 0.410 e. The summed E-state index contributed by atoms with van der Waals surface area (Å²) in [5.41, 5.74) is -0.831. The normalized spacial score (nSPS) is 30.5. The van der Waals surface area contributed by atoms with Crippen molar-refractivity contribution in [3.63, 3.8) is 0 Å². The third kappa shape index (κ3) is 4.08. The molecule has 0 bridgehead atoms. The number of hydrogen-bond acceptors (Lipinski definition) is 5. The highest BCUT2D eigenvalue weighted by Gasteiger charge is 2.46. The maximum atomic E-state index is 12.3. The lowest BCUT2D eigenvalue weighted by Gasteiger charge is -2.49. The van der Waals surface area contributed by atoms with E-state index in [0.717, 1.165) is 25.9 Å². The van der Waals surface area contributed by atoms with Crippen LogP contribution in [0.3, 0.4) is 0 Å². The molecule has 122 valence electrons. The number of methoxy groups -OCH3 is 1. The van der Waals surface area contributed by atoms with Crippen LogP contribution < -0.4 is 5.32 Å². The highest BCUT2D eigenvalue weighted by atomic mass is 16.6. The molecular formula is C15H28N2O4. The van der Waals surface area contributed by atoms with Gasteiger partial charge in [0.15, 0.2) is 0 Å². The molecule has 0 aromatic rings. The third-order valence-electron chi connectivity index (χ3n) is 3.99. The molecule has 0 aromatic carbocycles. The Hall–Kier alpha value is -0.850. The van der Waals surface area contributed by atoms with Crippen LogP contribution in [0.2, 0.25) is 0 Å². The van der Waals surface area contributed by atoms with E-state index >= 15 is 0 Å². The predicted molar refractivity (Wildman–Crippen MR) is 79.4 cm³/mol. The molecule has 0 saturated carbocycles. The fourth-order valence-electron chi connectivity index (χ4n) is 3.09. The zero-order valence-electron chi connectivity index (χ0n) is 13.6. The van der Waals surface area contributed by atoms with Crippen molar-refractivity contribution < 1.29 is 19.0 Å². The van der Waals surface area contributed by atoms with Gasteiger partial charge in [0.05, 0.1) is 25.8 Å².